The predicted molar refractivity (Wildman–Crippen MR) is 75.1 cm³/mol. The third-order valence-electron chi connectivity index (χ3n) is 4.73. The summed E-state index contributed by atoms with van der Waals surface area (Å²) >= 11 is 0. The summed E-state index contributed by atoms with van der Waals surface area (Å²) < 4.78 is 10.9. The molecule has 2 aliphatic rings. The van der Waals surface area contributed by atoms with E-state index >= 15 is 0 Å². The Morgan fingerprint density at radius 3 is 2.80 bits per heavy atom. The van der Waals surface area contributed by atoms with Crippen LogP contribution >= 0.6 is 0 Å². The standard InChI is InChI=1S/C15H25N3O2/c1-9(2)13(19-3)14-17-15(20-18-14)12-8-10-6-4-5-7-11(10)16-12/h9-13,16H,4-8H2,1-3H3. The smallest absolute Gasteiger partial charge is 0.243 e. The molecule has 0 bridgehead atoms. The molecule has 1 aliphatic carbocycles. The van der Waals surface area contributed by atoms with Gasteiger partial charge < -0.3 is 14.6 Å². The van der Waals surface area contributed by atoms with Gasteiger partial charge in [-0.25, -0.2) is 0 Å². The summed E-state index contributed by atoms with van der Waals surface area (Å²) in [5.41, 5.74) is 0. The van der Waals surface area contributed by atoms with Gasteiger partial charge in [-0.1, -0.05) is 31.8 Å². The molecular formula is C15H25N3O2. The first-order valence-corrected chi connectivity index (χ1v) is 7.81. The highest BCUT2D eigenvalue weighted by molar-refractivity contribution is 5.03. The number of ether oxygens (including phenoxy) is 1. The third kappa shape index (κ3) is 2.61. The van der Waals surface area contributed by atoms with Crippen molar-refractivity contribution in [3.63, 3.8) is 0 Å². The number of hydrogen-bond donors (Lipinski definition) is 1. The van der Waals surface area contributed by atoms with Crippen molar-refractivity contribution in [1.82, 2.24) is 15.5 Å². The van der Waals surface area contributed by atoms with Gasteiger partial charge in [0.2, 0.25) is 11.7 Å². The Morgan fingerprint density at radius 1 is 1.30 bits per heavy atom. The van der Waals surface area contributed by atoms with Gasteiger partial charge in [0.1, 0.15) is 6.10 Å². The topological polar surface area (TPSA) is 60.2 Å². The van der Waals surface area contributed by atoms with Gasteiger partial charge in [0.25, 0.3) is 0 Å². The monoisotopic (exact) mass is 279 g/mol. The highest BCUT2D eigenvalue weighted by Gasteiger charge is 2.38. The molecular weight excluding hydrogens is 254 g/mol. The molecule has 2 fully saturated rings. The van der Waals surface area contributed by atoms with Crippen LogP contribution in [-0.4, -0.2) is 23.3 Å². The molecule has 0 amide bonds. The molecule has 1 aliphatic heterocycles. The fourth-order valence-electron chi connectivity index (χ4n) is 3.69. The molecule has 0 aromatic carbocycles. The van der Waals surface area contributed by atoms with E-state index in [4.69, 9.17) is 9.26 Å². The fourth-order valence-corrected chi connectivity index (χ4v) is 3.69. The van der Waals surface area contributed by atoms with E-state index in [1.165, 1.54) is 25.7 Å². The average molecular weight is 279 g/mol. The molecule has 0 radical (unpaired) electrons. The molecule has 3 rings (SSSR count). The van der Waals surface area contributed by atoms with Crippen LogP contribution in [-0.2, 0) is 4.74 Å². The Bertz CT molecular complexity index is 432. The summed E-state index contributed by atoms with van der Waals surface area (Å²) in [7, 11) is 1.70. The van der Waals surface area contributed by atoms with E-state index < -0.39 is 0 Å². The third-order valence-corrected chi connectivity index (χ3v) is 4.73. The lowest BCUT2D eigenvalue weighted by atomic mass is 9.85. The molecule has 1 saturated carbocycles. The summed E-state index contributed by atoms with van der Waals surface area (Å²) in [6.45, 7) is 4.21. The van der Waals surface area contributed by atoms with Crippen LogP contribution in [0.3, 0.4) is 0 Å². The zero-order valence-corrected chi connectivity index (χ0v) is 12.6. The van der Waals surface area contributed by atoms with E-state index in [1.807, 2.05) is 0 Å². The number of rotatable bonds is 4. The van der Waals surface area contributed by atoms with Crippen LogP contribution in [0.25, 0.3) is 0 Å². The number of nitrogens with zero attached hydrogens (tertiary/aromatic N) is 2. The Hall–Kier alpha value is -0.940. The first kappa shape index (κ1) is 14.0. The molecule has 1 aromatic heterocycles. The second kappa shape index (κ2) is 5.82. The van der Waals surface area contributed by atoms with Crippen LogP contribution in [0.1, 0.15) is 69.8 Å². The van der Waals surface area contributed by atoms with Gasteiger partial charge in [0.15, 0.2) is 0 Å². The molecule has 1 N–H and O–H groups in total. The minimum absolute atomic E-state index is 0.0869. The van der Waals surface area contributed by atoms with Crippen LogP contribution in [0.2, 0.25) is 0 Å². The summed E-state index contributed by atoms with van der Waals surface area (Å²) in [6.07, 6.45) is 6.37. The van der Waals surface area contributed by atoms with Crippen LogP contribution in [0.15, 0.2) is 4.52 Å². The van der Waals surface area contributed by atoms with E-state index in [1.54, 1.807) is 7.11 Å². The molecule has 1 aromatic rings. The van der Waals surface area contributed by atoms with E-state index in [2.05, 4.69) is 29.3 Å². The van der Waals surface area contributed by atoms with Gasteiger partial charge in [-0.3, -0.25) is 0 Å². The van der Waals surface area contributed by atoms with Crippen molar-refractivity contribution in [2.45, 2.75) is 64.1 Å². The minimum Gasteiger partial charge on any atom is -0.373 e. The zero-order valence-electron chi connectivity index (χ0n) is 12.6. The lowest BCUT2D eigenvalue weighted by molar-refractivity contribution is 0.0555. The average Bonchev–Trinajstić information content (AvgIpc) is 3.04. The van der Waals surface area contributed by atoms with Crippen LogP contribution < -0.4 is 5.32 Å². The van der Waals surface area contributed by atoms with E-state index in [0.717, 1.165) is 18.2 Å². The second-order valence-corrected chi connectivity index (χ2v) is 6.50. The minimum atomic E-state index is -0.0869. The van der Waals surface area contributed by atoms with Gasteiger partial charge >= 0.3 is 0 Å². The van der Waals surface area contributed by atoms with Crippen molar-refractivity contribution in [3.05, 3.63) is 11.7 Å². The van der Waals surface area contributed by atoms with Crippen molar-refractivity contribution in [3.8, 4) is 0 Å². The lowest BCUT2D eigenvalue weighted by Crippen LogP contribution is -2.30. The molecule has 4 unspecified atom stereocenters. The predicted octanol–water partition coefficient (Wildman–Crippen LogP) is 3.01. The quantitative estimate of drug-likeness (QED) is 0.918. The number of aromatic nitrogens is 2. The van der Waals surface area contributed by atoms with Gasteiger partial charge in [-0.05, 0) is 31.1 Å². The summed E-state index contributed by atoms with van der Waals surface area (Å²) in [5, 5.41) is 7.79. The Morgan fingerprint density at radius 2 is 2.10 bits per heavy atom. The first-order chi connectivity index (χ1) is 9.69. The molecule has 4 atom stereocenters. The molecule has 2 heterocycles. The zero-order chi connectivity index (χ0) is 14.1. The molecule has 5 nitrogen and oxygen atoms in total. The first-order valence-electron chi connectivity index (χ1n) is 7.81. The van der Waals surface area contributed by atoms with E-state index in [-0.39, 0.29) is 12.1 Å². The van der Waals surface area contributed by atoms with Crippen LogP contribution in [0.4, 0.5) is 0 Å². The van der Waals surface area contributed by atoms with Crippen molar-refractivity contribution >= 4 is 0 Å². The highest BCUT2D eigenvalue weighted by Crippen LogP contribution is 2.38. The van der Waals surface area contributed by atoms with Crippen molar-refractivity contribution in [2.75, 3.05) is 7.11 Å². The van der Waals surface area contributed by atoms with Crippen molar-refractivity contribution < 1.29 is 9.26 Å². The van der Waals surface area contributed by atoms with Crippen molar-refractivity contribution in [2.24, 2.45) is 11.8 Å². The fraction of sp³-hybridized carbons (Fsp3) is 0.867. The van der Waals surface area contributed by atoms with E-state index in [9.17, 15) is 0 Å². The Balaban J connectivity index is 1.71. The highest BCUT2D eigenvalue weighted by atomic mass is 16.5. The molecule has 1 saturated heterocycles. The molecule has 20 heavy (non-hydrogen) atoms. The molecule has 5 heteroatoms. The maximum atomic E-state index is 5.48. The summed E-state index contributed by atoms with van der Waals surface area (Å²) in [6, 6.07) is 0.876. The summed E-state index contributed by atoms with van der Waals surface area (Å²) in [5.74, 6) is 2.53. The SMILES string of the molecule is COC(c1noc(C2CC3CCCCC3N2)n1)C(C)C. The van der Waals surface area contributed by atoms with Crippen molar-refractivity contribution in [1.29, 1.82) is 0 Å². The van der Waals surface area contributed by atoms with Gasteiger partial charge in [-0.15, -0.1) is 0 Å². The number of methoxy groups -OCH3 is 1. The normalized spacial score (nSPS) is 31.5. The number of fused-ring (bicyclic) bond motifs is 1. The van der Waals surface area contributed by atoms with Crippen LogP contribution in [0.5, 0.6) is 0 Å². The lowest BCUT2D eigenvalue weighted by Gasteiger charge is -2.24. The Labute approximate surface area is 120 Å². The summed E-state index contributed by atoms with van der Waals surface area (Å²) in [4.78, 5) is 4.58. The van der Waals surface area contributed by atoms with E-state index in [0.29, 0.717) is 17.8 Å². The second-order valence-electron chi connectivity index (χ2n) is 6.50. The number of hydrogen-bond acceptors (Lipinski definition) is 5. The maximum absolute atomic E-state index is 5.48. The van der Waals surface area contributed by atoms with Gasteiger partial charge in [-0.2, -0.15) is 4.98 Å². The largest absolute Gasteiger partial charge is 0.373 e. The maximum Gasteiger partial charge on any atom is 0.243 e. The van der Waals surface area contributed by atoms with Gasteiger partial charge in [0.05, 0.1) is 6.04 Å². The molecule has 112 valence electrons. The Kier molecular flexibility index (Phi) is 4.08. The molecule has 0 spiro atoms. The number of nitrogens with one attached hydrogen (secondary N) is 1. The van der Waals surface area contributed by atoms with Crippen LogP contribution in [0, 0.1) is 11.8 Å². The van der Waals surface area contributed by atoms with Gasteiger partial charge in [0, 0.05) is 13.2 Å².